The van der Waals surface area contributed by atoms with Crippen LogP contribution in [0.3, 0.4) is 0 Å². The topological polar surface area (TPSA) is 53.5 Å². The summed E-state index contributed by atoms with van der Waals surface area (Å²) in [5, 5.41) is 6.21. The molecule has 19 heavy (non-hydrogen) atoms. The number of carbonyl (C=O) groups is 2. The van der Waals surface area contributed by atoms with Crippen LogP contribution in [0.4, 0.5) is 5.13 Å². The van der Waals surface area contributed by atoms with Crippen LogP contribution in [0.25, 0.3) is 0 Å². The summed E-state index contributed by atoms with van der Waals surface area (Å²) in [6, 6.07) is 1.78. The number of carbonyl (C=O) groups excluding carboxylic acids is 2. The SMILES string of the molecule is O=C(c1ccsc1)N1CCN(c2nccs2)C(=O)C1. The van der Waals surface area contributed by atoms with Crippen molar-refractivity contribution in [2.45, 2.75) is 0 Å². The van der Waals surface area contributed by atoms with Crippen molar-refractivity contribution in [2.75, 3.05) is 24.5 Å². The number of amides is 2. The van der Waals surface area contributed by atoms with Gasteiger partial charge in [0.25, 0.3) is 5.91 Å². The highest BCUT2D eigenvalue weighted by Crippen LogP contribution is 2.20. The summed E-state index contributed by atoms with van der Waals surface area (Å²) in [6.07, 6.45) is 1.68. The molecule has 2 aromatic heterocycles. The fourth-order valence-electron chi connectivity index (χ4n) is 1.97. The van der Waals surface area contributed by atoms with Gasteiger partial charge in [0.2, 0.25) is 5.91 Å². The highest BCUT2D eigenvalue weighted by atomic mass is 32.1. The summed E-state index contributed by atoms with van der Waals surface area (Å²) in [5.41, 5.74) is 0.653. The smallest absolute Gasteiger partial charge is 0.255 e. The second-order valence-corrected chi connectivity index (χ2v) is 5.75. The zero-order valence-electron chi connectivity index (χ0n) is 9.98. The summed E-state index contributed by atoms with van der Waals surface area (Å²) >= 11 is 2.91. The Labute approximate surface area is 118 Å². The minimum absolute atomic E-state index is 0.0756. The first-order valence-electron chi connectivity index (χ1n) is 5.77. The largest absolute Gasteiger partial charge is 0.327 e. The molecule has 0 aliphatic carbocycles. The van der Waals surface area contributed by atoms with Gasteiger partial charge in [-0.3, -0.25) is 14.5 Å². The zero-order chi connectivity index (χ0) is 13.2. The lowest BCUT2D eigenvalue weighted by atomic mass is 10.2. The van der Waals surface area contributed by atoms with Crippen molar-refractivity contribution in [3.05, 3.63) is 34.0 Å². The van der Waals surface area contributed by atoms with Gasteiger partial charge in [0.05, 0.1) is 5.56 Å². The molecule has 3 heterocycles. The standard InChI is InChI=1S/C12H11N3O2S2/c16-10-7-14(11(17)9-1-5-18-8-9)3-4-15(10)12-13-2-6-19-12/h1-2,5-6,8H,3-4,7H2. The van der Waals surface area contributed by atoms with Crippen LogP contribution in [-0.4, -0.2) is 41.3 Å². The van der Waals surface area contributed by atoms with Gasteiger partial charge in [-0.25, -0.2) is 4.98 Å². The van der Waals surface area contributed by atoms with Crippen LogP contribution in [0.5, 0.6) is 0 Å². The molecule has 7 heteroatoms. The Kier molecular flexibility index (Phi) is 3.31. The number of thiazole rings is 1. The average molecular weight is 293 g/mol. The van der Waals surface area contributed by atoms with Gasteiger partial charge in [-0.05, 0) is 11.4 Å². The summed E-state index contributed by atoms with van der Waals surface area (Å²) in [6.45, 7) is 1.16. The first-order valence-corrected chi connectivity index (χ1v) is 7.59. The van der Waals surface area contributed by atoms with E-state index in [4.69, 9.17) is 0 Å². The molecule has 1 aliphatic heterocycles. The Hall–Kier alpha value is -1.73. The fraction of sp³-hybridized carbons (Fsp3) is 0.250. The van der Waals surface area contributed by atoms with Crippen molar-refractivity contribution in [2.24, 2.45) is 0 Å². The van der Waals surface area contributed by atoms with Crippen LogP contribution in [0.15, 0.2) is 28.4 Å². The van der Waals surface area contributed by atoms with Crippen LogP contribution < -0.4 is 4.90 Å². The highest BCUT2D eigenvalue weighted by molar-refractivity contribution is 7.13. The van der Waals surface area contributed by atoms with E-state index in [1.165, 1.54) is 22.7 Å². The molecule has 0 spiro atoms. The first-order chi connectivity index (χ1) is 9.25. The molecule has 0 atom stereocenters. The molecule has 0 radical (unpaired) electrons. The van der Waals surface area contributed by atoms with Crippen molar-refractivity contribution in [3.63, 3.8) is 0 Å². The molecule has 0 aromatic carbocycles. The molecular weight excluding hydrogens is 282 g/mol. The van der Waals surface area contributed by atoms with Gasteiger partial charge in [0.15, 0.2) is 5.13 Å². The van der Waals surface area contributed by atoms with Crippen molar-refractivity contribution in [3.8, 4) is 0 Å². The summed E-state index contributed by atoms with van der Waals surface area (Å²) < 4.78 is 0. The quantitative estimate of drug-likeness (QED) is 0.847. The molecule has 0 N–H and O–H groups in total. The van der Waals surface area contributed by atoms with E-state index in [2.05, 4.69) is 4.98 Å². The summed E-state index contributed by atoms with van der Waals surface area (Å²) in [7, 11) is 0. The van der Waals surface area contributed by atoms with E-state index < -0.39 is 0 Å². The minimum Gasteiger partial charge on any atom is -0.327 e. The molecule has 2 aromatic rings. The molecule has 0 bridgehead atoms. The van der Waals surface area contributed by atoms with E-state index in [-0.39, 0.29) is 18.4 Å². The molecule has 5 nitrogen and oxygen atoms in total. The third-order valence-electron chi connectivity index (χ3n) is 2.93. The number of piperazine rings is 1. The van der Waals surface area contributed by atoms with E-state index in [0.717, 1.165) is 0 Å². The molecular formula is C12H11N3O2S2. The zero-order valence-corrected chi connectivity index (χ0v) is 11.6. The second kappa shape index (κ2) is 5.10. The lowest BCUT2D eigenvalue weighted by Gasteiger charge is -2.32. The van der Waals surface area contributed by atoms with E-state index in [0.29, 0.717) is 23.8 Å². The van der Waals surface area contributed by atoms with Gasteiger partial charge >= 0.3 is 0 Å². The molecule has 1 aliphatic rings. The number of hydrogen-bond donors (Lipinski definition) is 0. The first kappa shape index (κ1) is 12.3. The predicted molar refractivity (Wildman–Crippen MR) is 74.7 cm³/mol. The molecule has 1 saturated heterocycles. The van der Waals surface area contributed by atoms with Crippen LogP contribution in [0, 0.1) is 0 Å². The van der Waals surface area contributed by atoms with E-state index >= 15 is 0 Å². The van der Waals surface area contributed by atoms with Crippen LogP contribution >= 0.6 is 22.7 Å². The fourth-order valence-corrected chi connectivity index (χ4v) is 3.28. The van der Waals surface area contributed by atoms with Gasteiger partial charge in [-0.2, -0.15) is 11.3 Å². The lowest BCUT2D eigenvalue weighted by molar-refractivity contribution is -0.120. The molecule has 2 amide bonds. The van der Waals surface area contributed by atoms with Crippen molar-refractivity contribution < 1.29 is 9.59 Å². The summed E-state index contributed by atoms with van der Waals surface area (Å²) in [5.74, 6) is -0.154. The molecule has 1 fully saturated rings. The third-order valence-corrected chi connectivity index (χ3v) is 4.40. The van der Waals surface area contributed by atoms with E-state index in [9.17, 15) is 9.59 Å². The maximum absolute atomic E-state index is 12.1. The Morgan fingerprint density at radius 3 is 2.84 bits per heavy atom. The second-order valence-electron chi connectivity index (χ2n) is 4.10. The van der Waals surface area contributed by atoms with Crippen molar-refractivity contribution in [1.29, 1.82) is 0 Å². The number of thiophene rings is 1. The highest BCUT2D eigenvalue weighted by Gasteiger charge is 2.29. The monoisotopic (exact) mass is 293 g/mol. The number of aromatic nitrogens is 1. The molecule has 3 rings (SSSR count). The van der Waals surface area contributed by atoms with Gasteiger partial charge in [0, 0.05) is 30.0 Å². The normalized spacial score (nSPS) is 15.9. The lowest BCUT2D eigenvalue weighted by Crippen LogP contribution is -2.52. The molecule has 98 valence electrons. The van der Waals surface area contributed by atoms with Crippen LogP contribution in [0.1, 0.15) is 10.4 Å². The minimum atomic E-state index is -0.0789. The number of nitrogens with zero attached hydrogens (tertiary/aromatic N) is 3. The van der Waals surface area contributed by atoms with Gasteiger partial charge in [0.1, 0.15) is 6.54 Å². The maximum atomic E-state index is 12.1. The third kappa shape index (κ3) is 2.39. The van der Waals surface area contributed by atoms with E-state index in [1.54, 1.807) is 27.4 Å². The summed E-state index contributed by atoms with van der Waals surface area (Å²) in [4.78, 5) is 31.6. The molecule has 0 unspecified atom stereocenters. The Morgan fingerprint density at radius 1 is 1.32 bits per heavy atom. The van der Waals surface area contributed by atoms with Crippen molar-refractivity contribution >= 4 is 39.6 Å². The Balaban J connectivity index is 1.71. The number of hydrogen-bond acceptors (Lipinski definition) is 5. The van der Waals surface area contributed by atoms with Crippen molar-refractivity contribution in [1.82, 2.24) is 9.88 Å². The van der Waals surface area contributed by atoms with Crippen LogP contribution in [0.2, 0.25) is 0 Å². The average Bonchev–Trinajstić information content (AvgIpc) is 3.11. The van der Waals surface area contributed by atoms with Gasteiger partial charge < -0.3 is 4.90 Å². The number of rotatable bonds is 2. The van der Waals surface area contributed by atoms with Gasteiger partial charge in [-0.15, -0.1) is 11.3 Å². The van der Waals surface area contributed by atoms with Gasteiger partial charge in [-0.1, -0.05) is 0 Å². The molecule has 0 saturated carbocycles. The predicted octanol–water partition coefficient (Wildman–Crippen LogP) is 1.69. The van der Waals surface area contributed by atoms with E-state index in [1.807, 2.05) is 10.8 Å². The Bertz CT molecular complexity index is 580. The number of anilines is 1. The van der Waals surface area contributed by atoms with Crippen LogP contribution in [-0.2, 0) is 4.79 Å². The maximum Gasteiger partial charge on any atom is 0.255 e. The Morgan fingerprint density at radius 2 is 2.21 bits per heavy atom.